The lowest BCUT2D eigenvalue weighted by molar-refractivity contribution is -0.114. The summed E-state index contributed by atoms with van der Waals surface area (Å²) in [6.45, 7) is -1.60. The standard InChI is InChI=1S/C17H15ClF2N2O3/c1-10(23)11-3-2-4-13(7-11)22-16(24)9-21-12-5-6-15(14(18)8-12)25-17(19)20/h2-8,17,21H,9H2,1H3,(H,22,24). The van der Waals surface area contributed by atoms with Crippen LogP contribution in [0.3, 0.4) is 0 Å². The van der Waals surface area contributed by atoms with Gasteiger partial charge in [-0.3, -0.25) is 9.59 Å². The van der Waals surface area contributed by atoms with Crippen molar-refractivity contribution >= 4 is 34.7 Å². The molecule has 2 N–H and O–H groups in total. The molecule has 0 fully saturated rings. The zero-order valence-electron chi connectivity index (χ0n) is 13.2. The number of carbonyl (C=O) groups excluding carboxylic acids is 2. The molecule has 2 aromatic rings. The molecule has 0 bridgehead atoms. The van der Waals surface area contributed by atoms with Crippen molar-refractivity contribution in [2.75, 3.05) is 17.2 Å². The minimum atomic E-state index is -2.96. The van der Waals surface area contributed by atoms with Crippen LogP contribution >= 0.6 is 11.6 Å². The van der Waals surface area contributed by atoms with E-state index in [4.69, 9.17) is 11.6 Å². The van der Waals surface area contributed by atoms with Gasteiger partial charge in [0.05, 0.1) is 11.6 Å². The summed E-state index contributed by atoms with van der Waals surface area (Å²) in [7, 11) is 0. The molecule has 0 spiro atoms. The molecule has 8 heteroatoms. The van der Waals surface area contributed by atoms with Crippen molar-refractivity contribution in [1.29, 1.82) is 0 Å². The SMILES string of the molecule is CC(=O)c1cccc(NC(=O)CNc2ccc(OC(F)F)c(Cl)c2)c1. The quantitative estimate of drug-likeness (QED) is 0.719. The third-order valence-electron chi connectivity index (χ3n) is 3.15. The highest BCUT2D eigenvalue weighted by atomic mass is 35.5. The van der Waals surface area contributed by atoms with Crippen LogP contribution in [0.4, 0.5) is 20.2 Å². The van der Waals surface area contributed by atoms with Gasteiger partial charge in [0, 0.05) is 16.9 Å². The molecule has 2 aromatic carbocycles. The van der Waals surface area contributed by atoms with Gasteiger partial charge >= 0.3 is 6.61 Å². The molecular formula is C17H15ClF2N2O3. The fourth-order valence-corrected chi connectivity index (χ4v) is 2.23. The normalized spacial score (nSPS) is 10.4. The third-order valence-corrected chi connectivity index (χ3v) is 3.45. The zero-order chi connectivity index (χ0) is 18.4. The van der Waals surface area contributed by atoms with E-state index in [0.717, 1.165) is 0 Å². The van der Waals surface area contributed by atoms with Crippen molar-refractivity contribution in [2.24, 2.45) is 0 Å². The van der Waals surface area contributed by atoms with Gasteiger partial charge in [-0.2, -0.15) is 8.78 Å². The van der Waals surface area contributed by atoms with E-state index in [1.165, 1.54) is 25.1 Å². The maximum atomic E-state index is 12.2. The number of alkyl halides is 2. The average molecular weight is 369 g/mol. The summed E-state index contributed by atoms with van der Waals surface area (Å²) in [5.74, 6) is -0.590. The van der Waals surface area contributed by atoms with Gasteiger partial charge in [-0.25, -0.2) is 0 Å². The molecule has 0 heterocycles. The molecule has 0 saturated heterocycles. The number of benzene rings is 2. The second-order valence-corrected chi connectivity index (χ2v) is 5.47. The molecule has 0 atom stereocenters. The largest absolute Gasteiger partial charge is 0.433 e. The second kappa shape index (κ2) is 8.43. The highest BCUT2D eigenvalue weighted by Gasteiger charge is 2.10. The molecule has 2 rings (SSSR count). The lowest BCUT2D eigenvalue weighted by Crippen LogP contribution is -2.21. The van der Waals surface area contributed by atoms with E-state index in [1.54, 1.807) is 24.3 Å². The highest BCUT2D eigenvalue weighted by molar-refractivity contribution is 6.32. The number of hydrogen-bond donors (Lipinski definition) is 2. The topological polar surface area (TPSA) is 67.4 Å². The Hall–Kier alpha value is -2.67. The molecule has 25 heavy (non-hydrogen) atoms. The minimum absolute atomic E-state index is 0.000123. The molecular weight excluding hydrogens is 354 g/mol. The lowest BCUT2D eigenvalue weighted by Gasteiger charge is -2.11. The van der Waals surface area contributed by atoms with Gasteiger partial charge in [0.25, 0.3) is 0 Å². The number of anilines is 2. The maximum absolute atomic E-state index is 12.2. The van der Waals surface area contributed by atoms with E-state index < -0.39 is 6.61 Å². The van der Waals surface area contributed by atoms with Crippen molar-refractivity contribution < 1.29 is 23.1 Å². The van der Waals surface area contributed by atoms with Crippen LogP contribution < -0.4 is 15.4 Å². The molecule has 0 aliphatic heterocycles. The number of hydrogen-bond acceptors (Lipinski definition) is 4. The monoisotopic (exact) mass is 368 g/mol. The Morgan fingerprint density at radius 1 is 1.16 bits per heavy atom. The number of rotatable bonds is 7. The Morgan fingerprint density at radius 2 is 1.92 bits per heavy atom. The van der Waals surface area contributed by atoms with Crippen molar-refractivity contribution in [2.45, 2.75) is 13.5 Å². The third kappa shape index (κ3) is 5.72. The van der Waals surface area contributed by atoms with Crippen LogP contribution in [0.1, 0.15) is 17.3 Å². The predicted octanol–water partition coefficient (Wildman–Crippen LogP) is 4.19. The summed E-state index contributed by atoms with van der Waals surface area (Å²) in [5.41, 5.74) is 1.46. The first kappa shape index (κ1) is 18.7. The number of Topliss-reactive ketones (excluding diaryl/α,β-unsaturated/α-hetero) is 1. The average Bonchev–Trinajstić information content (AvgIpc) is 2.55. The highest BCUT2D eigenvalue weighted by Crippen LogP contribution is 2.28. The van der Waals surface area contributed by atoms with E-state index in [-0.39, 0.29) is 29.0 Å². The van der Waals surface area contributed by atoms with E-state index in [1.807, 2.05) is 0 Å². The summed E-state index contributed by atoms with van der Waals surface area (Å²) in [6.07, 6.45) is 0. The van der Waals surface area contributed by atoms with Gasteiger partial charge in [-0.15, -0.1) is 0 Å². The smallest absolute Gasteiger partial charge is 0.387 e. The Morgan fingerprint density at radius 3 is 2.56 bits per heavy atom. The summed E-state index contributed by atoms with van der Waals surface area (Å²) in [4.78, 5) is 23.3. The van der Waals surface area contributed by atoms with E-state index in [9.17, 15) is 18.4 Å². The van der Waals surface area contributed by atoms with Crippen LogP contribution in [0, 0.1) is 0 Å². The molecule has 132 valence electrons. The minimum Gasteiger partial charge on any atom is -0.433 e. The fourth-order valence-electron chi connectivity index (χ4n) is 2.01. The van der Waals surface area contributed by atoms with Crippen LogP contribution in [0.25, 0.3) is 0 Å². The Labute approximate surface area is 147 Å². The van der Waals surface area contributed by atoms with Crippen molar-refractivity contribution in [3.63, 3.8) is 0 Å². The maximum Gasteiger partial charge on any atom is 0.387 e. The van der Waals surface area contributed by atoms with E-state index >= 15 is 0 Å². The van der Waals surface area contributed by atoms with Crippen molar-refractivity contribution in [3.8, 4) is 5.75 Å². The zero-order valence-corrected chi connectivity index (χ0v) is 13.9. The Balaban J connectivity index is 1.92. The lowest BCUT2D eigenvalue weighted by atomic mass is 10.1. The second-order valence-electron chi connectivity index (χ2n) is 5.06. The van der Waals surface area contributed by atoms with E-state index in [2.05, 4.69) is 15.4 Å². The Kier molecular flexibility index (Phi) is 6.30. The van der Waals surface area contributed by atoms with Crippen molar-refractivity contribution in [3.05, 3.63) is 53.1 Å². The summed E-state index contributed by atoms with van der Waals surface area (Å²) in [6, 6.07) is 10.7. The predicted molar refractivity (Wildman–Crippen MR) is 91.6 cm³/mol. The van der Waals surface area contributed by atoms with Crippen LogP contribution in [0.2, 0.25) is 5.02 Å². The first-order valence-corrected chi connectivity index (χ1v) is 7.62. The first-order chi connectivity index (χ1) is 11.8. The number of ether oxygens (including phenoxy) is 1. The molecule has 0 aromatic heterocycles. The Bertz CT molecular complexity index is 784. The van der Waals surface area contributed by atoms with Gasteiger partial charge in [0.1, 0.15) is 5.75 Å². The van der Waals surface area contributed by atoms with Crippen LogP contribution in [0.5, 0.6) is 5.75 Å². The molecule has 5 nitrogen and oxygen atoms in total. The molecule has 1 amide bonds. The number of amides is 1. The molecule has 0 aliphatic rings. The summed E-state index contributed by atoms with van der Waals surface area (Å²) >= 11 is 5.83. The van der Waals surface area contributed by atoms with Gasteiger partial charge < -0.3 is 15.4 Å². The molecule has 0 radical (unpaired) electrons. The first-order valence-electron chi connectivity index (χ1n) is 7.24. The van der Waals surface area contributed by atoms with Crippen LogP contribution in [-0.4, -0.2) is 24.8 Å². The summed E-state index contributed by atoms with van der Waals surface area (Å²) in [5, 5.41) is 5.47. The number of nitrogens with one attached hydrogen (secondary N) is 2. The van der Waals surface area contributed by atoms with Crippen LogP contribution in [-0.2, 0) is 4.79 Å². The van der Waals surface area contributed by atoms with Crippen molar-refractivity contribution in [1.82, 2.24) is 0 Å². The van der Waals surface area contributed by atoms with Gasteiger partial charge in [-0.1, -0.05) is 23.7 Å². The number of halogens is 3. The van der Waals surface area contributed by atoms with Gasteiger partial charge in [0.15, 0.2) is 5.78 Å². The molecule has 0 unspecified atom stereocenters. The van der Waals surface area contributed by atoms with Gasteiger partial charge in [-0.05, 0) is 37.3 Å². The fraction of sp³-hybridized carbons (Fsp3) is 0.176. The van der Waals surface area contributed by atoms with E-state index in [0.29, 0.717) is 16.9 Å². The number of carbonyl (C=O) groups is 2. The molecule has 0 saturated carbocycles. The number of ketones is 1. The van der Waals surface area contributed by atoms with Gasteiger partial charge in [0.2, 0.25) is 5.91 Å². The molecule has 0 aliphatic carbocycles. The van der Waals surface area contributed by atoms with Crippen LogP contribution in [0.15, 0.2) is 42.5 Å². The summed E-state index contributed by atoms with van der Waals surface area (Å²) < 4.78 is 28.6.